The van der Waals surface area contributed by atoms with Crippen LogP contribution in [0.15, 0.2) is 29.1 Å². The topological polar surface area (TPSA) is 108 Å². The van der Waals surface area contributed by atoms with Gasteiger partial charge in [-0.05, 0) is 31.1 Å². The van der Waals surface area contributed by atoms with Gasteiger partial charge in [0.15, 0.2) is 10.8 Å². The molecule has 126 valence electrons. The lowest BCUT2D eigenvalue weighted by Crippen LogP contribution is -2.48. The average Bonchev–Trinajstić information content (AvgIpc) is 3.12. The normalized spacial score (nSPS) is 16.8. The molecule has 0 spiro atoms. The summed E-state index contributed by atoms with van der Waals surface area (Å²) in [6.45, 7) is 1.36. The maximum absolute atomic E-state index is 12.3. The number of ether oxygens (including phenoxy) is 1. The molecule has 1 aliphatic heterocycles. The maximum Gasteiger partial charge on any atom is 0.290 e. The van der Waals surface area contributed by atoms with Crippen LogP contribution in [0.4, 0.5) is 0 Å². The zero-order valence-corrected chi connectivity index (χ0v) is 13.6. The molecule has 2 heterocycles. The second-order valence-electron chi connectivity index (χ2n) is 5.37. The average molecular weight is 347 g/mol. The van der Waals surface area contributed by atoms with E-state index >= 15 is 0 Å². The Kier molecular flexibility index (Phi) is 5.02. The molecule has 0 unspecified atom stereocenters. The number of nitrogens with zero attached hydrogens (tertiary/aromatic N) is 1. The number of hydrazine groups is 1. The van der Waals surface area contributed by atoms with E-state index in [2.05, 4.69) is 26.4 Å². The molecule has 9 heteroatoms. The van der Waals surface area contributed by atoms with Crippen LogP contribution in [0.1, 0.15) is 23.3 Å². The third-order valence-electron chi connectivity index (χ3n) is 3.71. The molecule has 0 saturated carbocycles. The Balaban J connectivity index is 1.60. The van der Waals surface area contributed by atoms with E-state index in [-0.39, 0.29) is 22.5 Å². The van der Waals surface area contributed by atoms with Crippen LogP contribution in [0, 0.1) is 0 Å². The molecule has 8 nitrogen and oxygen atoms in total. The summed E-state index contributed by atoms with van der Waals surface area (Å²) in [4.78, 5) is 24.0. The SMILES string of the molecule is O=C(NNC(=S)NC[C@@H]1CCCO1)c1n[nH]c(=O)c2ccccc12. The predicted molar refractivity (Wildman–Crippen MR) is 92.5 cm³/mol. The summed E-state index contributed by atoms with van der Waals surface area (Å²) >= 11 is 5.10. The largest absolute Gasteiger partial charge is 0.376 e. The van der Waals surface area contributed by atoms with Gasteiger partial charge in [-0.1, -0.05) is 18.2 Å². The van der Waals surface area contributed by atoms with Crippen LogP contribution in [0.5, 0.6) is 0 Å². The van der Waals surface area contributed by atoms with Crippen molar-refractivity contribution >= 4 is 34.0 Å². The standard InChI is InChI=1S/C15H17N5O3S/c21-13-11-6-2-1-5-10(11)12(17-18-13)14(22)19-20-15(24)16-8-9-4-3-7-23-9/h1-2,5-6,9H,3-4,7-8H2,(H,18,21)(H,19,22)(H2,16,20,24)/t9-/m0/s1. The molecule has 1 saturated heterocycles. The molecule has 1 fully saturated rings. The molecule has 3 rings (SSSR count). The maximum atomic E-state index is 12.3. The first kappa shape index (κ1) is 16.3. The van der Waals surface area contributed by atoms with Crippen LogP contribution in [-0.4, -0.2) is 40.5 Å². The Morgan fingerprint density at radius 1 is 1.33 bits per heavy atom. The Labute approximate surface area is 142 Å². The van der Waals surface area contributed by atoms with E-state index in [1.165, 1.54) is 0 Å². The van der Waals surface area contributed by atoms with Crippen molar-refractivity contribution in [3.63, 3.8) is 0 Å². The summed E-state index contributed by atoms with van der Waals surface area (Å²) in [5.41, 5.74) is 4.85. The lowest BCUT2D eigenvalue weighted by molar-refractivity contribution is 0.0939. The van der Waals surface area contributed by atoms with Gasteiger partial charge in [-0.25, -0.2) is 5.10 Å². The first-order valence-electron chi connectivity index (χ1n) is 7.58. The summed E-state index contributed by atoms with van der Waals surface area (Å²) in [7, 11) is 0. The van der Waals surface area contributed by atoms with Gasteiger partial charge in [-0.15, -0.1) is 0 Å². The van der Waals surface area contributed by atoms with Gasteiger partial charge in [0.2, 0.25) is 0 Å². The molecule has 0 radical (unpaired) electrons. The first-order chi connectivity index (χ1) is 11.6. The summed E-state index contributed by atoms with van der Waals surface area (Å²) < 4.78 is 5.48. The molecule has 0 bridgehead atoms. The minimum atomic E-state index is -0.497. The van der Waals surface area contributed by atoms with Crippen molar-refractivity contribution in [2.75, 3.05) is 13.2 Å². The molecule has 24 heavy (non-hydrogen) atoms. The molecule has 0 aliphatic carbocycles. The van der Waals surface area contributed by atoms with Gasteiger partial charge in [-0.3, -0.25) is 20.4 Å². The number of rotatable bonds is 3. The van der Waals surface area contributed by atoms with Crippen molar-refractivity contribution in [1.82, 2.24) is 26.4 Å². The van der Waals surface area contributed by atoms with Crippen LogP contribution < -0.4 is 21.7 Å². The van der Waals surface area contributed by atoms with Gasteiger partial charge < -0.3 is 10.1 Å². The van der Waals surface area contributed by atoms with Crippen LogP contribution in [0.2, 0.25) is 0 Å². The highest BCUT2D eigenvalue weighted by molar-refractivity contribution is 7.80. The lowest BCUT2D eigenvalue weighted by Gasteiger charge is -2.14. The number of amides is 1. The highest BCUT2D eigenvalue weighted by Gasteiger charge is 2.16. The third-order valence-corrected chi connectivity index (χ3v) is 3.96. The van der Waals surface area contributed by atoms with Crippen molar-refractivity contribution in [1.29, 1.82) is 0 Å². The fourth-order valence-corrected chi connectivity index (χ4v) is 2.65. The zero-order chi connectivity index (χ0) is 16.9. The van der Waals surface area contributed by atoms with E-state index in [1.807, 2.05) is 0 Å². The molecular weight excluding hydrogens is 330 g/mol. The number of aromatic amines is 1. The van der Waals surface area contributed by atoms with E-state index in [1.54, 1.807) is 24.3 Å². The lowest BCUT2D eigenvalue weighted by atomic mass is 10.1. The fraction of sp³-hybridized carbons (Fsp3) is 0.333. The quantitative estimate of drug-likeness (QED) is 0.464. The number of nitrogens with one attached hydrogen (secondary N) is 4. The fourth-order valence-electron chi connectivity index (χ4n) is 2.52. The monoisotopic (exact) mass is 347 g/mol. The van der Waals surface area contributed by atoms with Gasteiger partial charge in [-0.2, -0.15) is 5.10 Å². The van der Waals surface area contributed by atoms with Crippen molar-refractivity contribution in [2.24, 2.45) is 0 Å². The number of benzene rings is 1. The molecule has 2 aromatic rings. The van der Waals surface area contributed by atoms with E-state index in [0.29, 0.717) is 17.3 Å². The molecule has 1 aliphatic rings. The smallest absolute Gasteiger partial charge is 0.290 e. The van der Waals surface area contributed by atoms with Gasteiger partial charge in [0, 0.05) is 18.5 Å². The van der Waals surface area contributed by atoms with E-state index in [4.69, 9.17) is 17.0 Å². The number of H-pyrrole nitrogens is 1. The van der Waals surface area contributed by atoms with Crippen molar-refractivity contribution in [3.05, 3.63) is 40.3 Å². The molecule has 1 atom stereocenters. The number of carbonyl (C=O) groups is 1. The number of carbonyl (C=O) groups excluding carboxylic acids is 1. The highest BCUT2D eigenvalue weighted by atomic mass is 32.1. The number of hydrogen-bond donors (Lipinski definition) is 4. The second kappa shape index (κ2) is 7.37. The zero-order valence-electron chi connectivity index (χ0n) is 12.8. The minimum Gasteiger partial charge on any atom is -0.376 e. The summed E-state index contributed by atoms with van der Waals surface area (Å²) in [6, 6.07) is 6.76. The molecule has 1 aromatic carbocycles. The van der Waals surface area contributed by atoms with E-state index in [9.17, 15) is 9.59 Å². The van der Waals surface area contributed by atoms with Crippen molar-refractivity contribution in [2.45, 2.75) is 18.9 Å². The summed E-state index contributed by atoms with van der Waals surface area (Å²) in [5.74, 6) is -0.497. The number of thiocarbonyl (C=S) groups is 1. The Hall–Kier alpha value is -2.52. The van der Waals surface area contributed by atoms with Crippen LogP contribution in [-0.2, 0) is 4.74 Å². The molecular formula is C15H17N5O3S. The summed E-state index contributed by atoms with van der Waals surface area (Å²) in [6.07, 6.45) is 2.19. The van der Waals surface area contributed by atoms with Crippen molar-refractivity contribution < 1.29 is 9.53 Å². The Morgan fingerprint density at radius 2 is 2.12 bits per heavy atom. The minimum absolute atomic E-state index is 0.111. The van der Waals surface area contributed by atoms with Crippen molar-refractivity contribution in [3.8, 4) is 0 Å². The number of fused-ring (bicyclic) bond motifs is 1. The third kappa shape index (κ3) is 3.69. The van der Waals surface area contributed by atoms with Gasteiger partial charge in [0.1, 0.15) is 0 Å². The van der Waals surface area contributed by atoms with Crippen LogP contribution in [0.25, 0.3) is 10.8 Å². The van der Waals surface area contributed by atoms with E-state index in [0.717, 1.165) is 19.4 Å². The predicted octanol–water partition coefficient (Wildman–Crippen LogP) is 0.211. The number of hydrogen-bond acceptors (Lipinski definition) is 5. The Bertz CT molecular complexity index is 816. The van der Waals surface area contributed by atoms with Gasteiger partial charge in [0.05, 0.1) is 11.5 Å². The van der Waals surface area contributed by atoms with Gasteiger partial charge in [0.25, 0.3) is 11.5 Å². The molecule has 4 N–H and O–H groups in total. The Morgan fingerprint density at radius 3 is 2.88 bits per heavy atom. The van der Waals surface area contributed by atoms with Crippen LogP contribution in [0.3, 0.4) is 0 Å². The highest BCUT2D eigenvalue weighted by Crippen LogP contribution is 2.12. The molecule has 1 amide bonds. The van der Waals surface area contributed by atoms with Gasteiger partial charge >= 0.3 is 0 Å². The first-order valence-corrected chi connectivity index (χ1v) is 7.99. The molecule has 1 aromatic heterocycles. The second-order valence-corrected chi connectivity index (χ2v) is 5.78. The number of aromatic nitrogens is 2. The summed E-state index contributed by atoms with van der Waals surface area (Å²) in [5, 5.41) is 10.3. The van der Waals surface area contributed by atoms with Crippen LogP contribution >= 0.6 is 12.2 Å². The van der Waals surface area contributed by atoms with E-state index < -0.39 is 5.91 Å².